The summed E-state index contributed by atoms with van der Waals surface area (Å²) in [5.74, 6) is 1.09. The fraction of sp³-hybridized carbons (Fsp3) is 0.227. The van der Waals surface area contributed by atoms with Crippen LogP contribution in [0.5, 0.6) is 5.75 Å². The number of amides is 1. The van der Waals surface area contributed by atoms with Gasteiger partial charge in [0.1, 0.15) is 17.6 Å². The Bertz CT molecular complexity index is 1040. The van der Waals surface area contributed by atoms with E-state index in [0.29, 0.717) is 43.5 Å². The molecule has 0 unspecified atom stereocenters. The zero-order valence-electron chi connectivity index (χ0n) is 15.8. The Kier molecular flexibility index (Phi) is 5.54. The van der Waals surface area contributed by atoms with E-state index in [-0.39, 0.29) is 12.5 Å². The third kappa shape index (κ3) is 4.45. The van der Waals surface area contributed by atoms with E-state index in [1.165, 1.54) is 0 Å². The van der Waals surface area contributed by atoms with Crippen molar-refractivity contribution < 1.29 is 14.3 Å². The van der Waals surface area contributed by atoms with Gasteiger partial charge in [0.15, 0.2) is 6.61 Å². The third-order valence-electron chi connectivity index (χ3n) is 4.68. The number of allylic oxidation sites excluding steroid dienone is 1. The molecule has 0 bridgehead atoms. The van der Waals surface area contributed by atoms with Crippen molar-refractivity contribution in [3.63, 3.8) is 0 Å². The summed E-state index contributed by atoms with van der Waals surface area (Å²) >= 11 is 0. The summed E-state index contributed by atoms with van der Waals surface area (Å²) in [5.41, 5.74) is 2.99. The second kappa shape index (κ2) is 8.59. The van der Waals surface area contributed by atoms with Gasteiger partial charge in [-0.15, -0.1) is 0 Å². The van der Waals surface area contributed by atoms with Crippen LogP contribution in [0.25, 0.3) is 22.7 Å². The number of imidazole rings is 1. The molecule has 7 heteroatoms. The van der Waals surface area contributed by atoms with Crippen LogP contribution in [-0.2, 0) is 9.53 Å². The zero-order valence-corrected chi connectivity index (χ0v) is 15.8. The van der Waals surface area contributed by atoms with Crippen molar-refractivity contribution in [2.24, 2.45) is 0 Å². The number of aromatic amines is 1. The van der Waals surface area contributed by atoms with Gasteiger partial charge in [-0.25, -0.2) is 4.98 Å². The summed E-state index contributed by atoms with van der Waals surface area (Å²) in [6.07, 6.45) is 1.76. The van der Waals surface area contributed by atoms with Crippen molar-refractivity contribution in [2.75, 3.05) is 32.9 Å². The average Bonchev–Trinajstić information content (AvgIpc) is 3.21. The molecule has 0 spiro atoms. The predicted molar refractivity (Wildman–Crippen MR) is 109 cm³/mol. The molecule has 2 heterocycles. The van der Waals surface area contributed by atoms with E-state index in [1.807, 2.05) is 36.4 Å². The van der Waals surface area contributed by atoms with Crippen molar-refractivity contribution in [2.45, 2.75) is 0 Å². The Labute approximate surface area is 168 Å². The van der Waals surface area contributed by atoms with Crippen molar-refractivity contribution in [3.8, 4) is 11.8 Å². The van der Waals surface area contributed by atoms with E-state index >= 15 is 0 Å². The first-order valence-corrected chi connectivity index (χ1v) is 9.38. The van der Waals surface area contributed by atoms with E-state index in [4.69, 9.17) is 9.47 Å². The Morgan fingerprint density at radius 3 is 2.69 bits per heavy atom. The third-order valence-corrected chi connectivity index (χ3v) is 4.68. The summed E-state index contributed by atoms with van der Waals surface area (Å²) in [5, 5.41) is 9.54. The van der Waals surface area contributed by atoms with Crippen LogP contribution in [0.3, 0.4) is 0 Å². The smallest absolute Gasteiger partial charge is 0.260 e. The van der Waals surface area contributed by atoms with Crippen molar-refractivity contribution in [1.82, 2.24) is 14.9 Å². The highest BCUT2D eigenvalue weighted by Crippen LogP contribution is 2.20. The van der Waals surface area contributed by atoms with Crippen LogP contribution in [0.15, 0.2) is 48.5 Å². The molecule has 146 valence electrons. The number of benzene rings is 2. The van der Waals surface area contributed by atoms with Gasteiger partial charge in [0.05, 0.1) is 29.8 Å². The molecule has 1 saturated heterocycles. The summed E-state index contributed by atoms with van der Waals surface area (Å²) in [6.45, 7) is 2.34. The summed E-state index contributed by atoms with van der Waals surface area (Å²) in [4.78, 5) is 21.5. The van der Waals surface area contributed by atoms with Crippen molar-refractivity contribution in [1.29, 1.82) is 5.26 Å². The van der Waals surface area contributed by atoms with Gasteiger partial charge >= 0.3 is 0 Å². The lowest BCUT2D eigenvalue weighted by molar-refractivity contribution is -0.137. The molecule has 0 saturated carbocycles. The molecule has 1 aliphatic rings. The van der Waals surface area contributed by atoms with E-state index in [2.05, 4.69) is 16.0 Å². The quantitative estimate of drug-likeness (QED) is 0.679. The standard InChI is InChI=1S/C22H20N4O3/c23-14-17(22-24-19-3-1-2-4-20(19)25-22)13-16-5-7-18(8-6-16)29-15-21(27)26-9-11-28-12-10-26/h1-8,13H,9-12,15H2,(H,24,25)/b17-13+. The van der Waals surface area contributed by atoms with E-state index in [9.17, 15) is 10.1 Å². The lowest BCUT2D eigenvalue weighted by Gasteiger charge is -2.26. The van der Waals surface area contributed by atoms with Gasteiger partial charge in [-0.1, -0.05) is 24.3 Å². The van der Waals surface area contributed by atoms with Gasteiger partial charge in [-0.05, 0) is 35.9 Å². The number of morpholine rings is 1. The maximum absolute atomic E-state index is 12.1. The fourth-order valence-corrected chi connectivity index (χ4v) is 3.11. The Morgan fingerprint density at radius 2 is 1.97 bits per heavy atom. The molecule has 2 aromatic carbocycles. The number of nitrogens with one attached hydrogen (secondary N) is 1. The second-order valence-corrected chi connectivity index (χ2v) is 6.62. The van der Waals surface area contributed by atoms with Gasteiger partial charge in [0, 0.05) is 13.1 Å². The number of hydrogen-bond acceptors (Lipinski definition) is 5. The van der Waals surface area contributed by atoms with E-state index < -0.39 is 0 Å². The lowest BCUT2D eigenvalue weighted by Crippen LogP contribution is -2.42. The maximum atomic E-state index is 12.1. The first-order chi connectivity index (χ1) is 14.2. The van der Waals surface area contributed by atoms with E-state index in [1.54, 1.807) is 23.1 Å². The largest absolute Gasteiger partial charge is 0.484 e. The first kappa shape index (κ1) is 18.7. The van der Waals surface area contributed by atoms with Gasteiger partial charge in [-0.3, -0.25) is 4.79 Å². The molecular formula is C22H20N4O3. The molecule has 1 amide bonds. The number of rotatable bonds is 5. The van der Waals surface area contributed by atoms with Gasteiger partial charge < -0.3 is 19.4 Å². The Balaban J connectivity index is 1.42. The highest BCUT2D eigenvalue weighted by molar-refractivity contribution is 5.90. The molecule has 1 N–H and O–H groups in total. The summed E-state index contributed by atoms with van der Waals surface area (Å²) < 4.78 is 10.8. The summed E-state index contributed by atoms with van der Waals surface area (Å²) in [7, 11) is 0. The Morgan fingerprint density at radius 1 is 1.21 bits per heavy atom. The number of aromatic nitrogens is 2. The molecule has 0 aliphatic carbocycles. The fourth-order valence-electron chi connectivity index (χ4n) is 3.11. The number of ether oxygens (including phenoxy) is 2. The van der Waals surface area contributed by atoms with Gasteiger partial charge in [0.2, 0.25) is 0 Å². The molecular weight excluding hydrogens is 368 g/mol. The average molecular weight is 388 g/mol. The van der Waals surface area contributed by atoms with Crippen molar-refractivity contribution in [3.05, 3.63) is 59.9 Å². The van der Waals surface area contributed by atoms with Crippen LogP contribution in [0.2, 0.25) is 0 Å². The normalized spacial score (nSPS) is 14.6. The molecule has 29 heavy (non-hydrogen) atoms. The second-order valence-electron chi connectivity index (χ2n) is 6.62. The van der Waals surface area contributed by atoms with Crippen LogP contribution < -0.4 is 4.74 Å². The number of fused-ring (bicyclic) bond motifs is 1. The number of carbonyl (C=O) groups excluding carboxylic acids is 1. The van der Waals surface area contributed by atoms with Crippen molar-refractivity contribution >= 4 is 28.6 Å². The van der Waals surface area contributed by atoms with Crippen LogP contribution in [0.1, 0.15) is 11.4 Å². The number of nitrogens with zero attached hydrogens (tertiary/aromatic N) is 3. The molecule has 1 aromatic heterocycles. The number of carbonyl (C=O) groups is 1. The lowest BCUT2D eigenvalue weighted by atomic mass is 10.1. The monoisotopic (exact) mass is 388 g/mol. The number of H-pyrrole nitrogens is 1. The van der Waals surface area contributed by atoms with E-state index in [0.717, 1.165) is 16.6 Å². The highest BCUT2D eigenvalue weighted by Gasteiger charge is 2.17. The number of hydrogen-bond donors (Lipinski definition) is 1. The van der Waals surface area contributed by atoms with Gasteiger partial charge in [0.25, 0.3) is 5.91 Å². The zero-order chi connectivity index (χ0) is 20.1. The molecule has 3 aromatic rings. The maximum Gasteiger partial charge on any atom is 0.260 e. The molecule has 4 rings (SSSR count). The number of nitriles is 1. The predicted octanol–water partition coefficient (Wildman–Crippen LogP) is 2.86. The Hall–Kier alpha value is -3.63. The minimum atomic E-state index is -0.0473. The van der Waals surface area contributed by atoms with Crippen LogP contribution >= 0.6 is 0 Å². The van der Waals surface area contributed by atoms with Crippen LogP contribution in [-0.4, -0.2) is 53.7 Å². The first-order valence-electron chi connectivity index (χ1n) is 9.38. The molecule has 1 fully saturated rings. The number of para-hydroxylation sites is 2. The topological polar surface area (TPSA) is 91.2 Å². The molecule has 1 aliphatic heterocycles. The molecule has 0 atom stereocenters. The minimum absolute atomic E-state index is 0.00237. The molecule has 0 radical (unpaired) electrons. The molecule has 7 nitrogen and oxygen atoms in total. The van der Waals surface area contributed by atoms with Crippen LogP contribution in [0.4, 0.5) is 0 Å². The summed E-state index contributed by atoms with van der Waals surface area (Å²) in [6, 6.07) is 17.1. The van der Waals surface area contributed by atoms with Gasteiger partial charge in [-0.2, -0.15) is 5.26 Å². The van der Waals surface area contributed by atoms with Crippen LogP contribution in [0, 0.1) is 11.3 Å². The minimum Gasteiger partial charge on any atom is -0.484 e. The highest BCUT2D eigenvalue weighted by atomic mass is 16.5. The SMILES string of the molecule is N#C/C(=C\c1ccc(OCC(=O)N2CCOCC2)cc1)c1nc2ccccc2[nH]1.